The fraction of sp³-hybridized carbons (Fsp3) is 0.667. The van der Waals surface area contributed by atoms with Gasteiger partial charge in [0.25, 0.3) is 5.91 Å². The number of piperidine rings is 1. The average molecular weight is 290 g/mol. The van der Waals surface area contributed by atoms with Gasteiger partial charge >= 0.3 is 6.18 Å². The third-order valence-electron chi connectivity index (χ3n) is 3.19. The second kappa shape index (κ2) is 5.82. The molecule has 5 nitrogen and oxygen atoms in total. The minimum atomic E-state index is -4.20. The Morgan fingerprint density at radius 1 is 1.55 bits per heavy atom. The Morgan fingerprint density at radius 2 is 2.30 bits per heavy atom. The molecule has 1 aromatic rings. The Morgan fingerprint density at radius 3 is 2.90 bits per heavy atom. The van der Waals surface area contributed by atoms with Gasteiger partial charge in [-0.3, -0.25) is 14.4 Å². The van der Waals surface area contributed by atoms with Crippen LogP contribution in [0.5, 0.6) is 0 Å². The van der Waals surface area contributed by atoms with E-state index in [0.29, 0.717) is 19.4 Å². The van der Waals surface area contributed by atoms with Gasteiger partial charge in [-0.25, -0.2) is 0 Å². The van der Waals surface area contributed by atoms with E-state index in [0.717, 1.165) is 0 Å². The summed E-state index contributed by atoms with van der Waals surface area (Å²) in [5.41, 5.74) is 0.278. The predicted molar refractivity (Wildman–Crippen MR) is 66.2 cm³/mol. The molecule has 0 spiro atoms. The maximum absolute atomic E-state index is 12.4. The smallest absolute Gasteiger partial charge is 0.347 e. The Balaban J connectivity index is 1.88. The standard InChI is InChI=1S/C12H17F3N4O/c1-18-6-4-10(17-18)11(20)16-9-3-2-5-19(7-9)8-12(13,14)15/h4,6,9H,2-3,5,7-8H2,1H3,(H,16,20). The minimum absolute atomic E-state index is 0.220. The lowest BCUT2D eigenvalue weighted by Gasteiger charge is -2.33. The highest BCUT2D eigenvalue weighted by molar-refractivity contribution is 5.92. The number of nitrogens with zero attached hydrogens (tertiary/aromatic N) is 3. The molecule has 1 aromatic heterocycles. The van der Waals surface area contributed by atoms with Crippen LogP contribution in [0.2, 0.25) is 0 Å². The molecule has 0 radical (unpaired) electrons. The topological polar surface area (TPSA) is 50.2 Å². The van der Waals surface area contributed by atoms with Crippen molar-refractivity contribution in [2.75, 3.05) is 19.6 Å². The molecule has 0 aliphatic carbocycles. The summed E-state index contributed by atoms with van der Waals surface area (Å²) in [6.45, 7) is -0.295. The number of alkyl halides is 3. The molecule has 1 fully saturated rings. The van der Waals surface area contributed by atoms with E-state index in [2.05, 4.69) is 10.4 Å². The summed E-state index contributed by atoms with van der Waals surface area (Å²) in [6.07, 6.45) is -1.23. The summed E-state index contributed by atoms with van der Waals surface area (Å²) >= 11 is 0. The van der Waals surface area contributed by atoms with Crippen molar-refractivity contribution in [2.24, 2.45) is 7.05 Å². The van der Waals surface area contributed by atoms with Gasteiger partial charge in [0, 0.05) is 25.8 Å². The molecule has 1 unspecified atom stereocenters. The van der Waals surface area contributed by atoms with E-state index in [9.17, 15) is 18.0 Å². The summed E-state index contributed by atoms with van der Waals surface area (Å²) < 4.78 is 38.6. The number of hydrogen-bond donors (Lipinski definition) is 1. The molecule has 1 aliphatic heterocycles. The van der Waals surface area contributed by atoms with E-state index in [1.807, 2.05) is 0 Å². The van der Waals surface area contributed by atoms with Crippen LogP contribution in [0.25, 0.3) is 0 Å². The lowest BCUT2D eigenvalue weighted by Crippen LogP contribution is -2.50. The molecule has 8 heteroatoms. The number of carbonyl (C=O) groups is 1. The predicted octanol–water partition coefficient (Wildman–Crippen LogP) is 1.18. The molecule has 2 heterocycles. The first kappa shape index (κ1) is 14.8. The number of aryl methyl sites for hydroxylation is 1. The Bertz CT molecular complexity index is 472. The highest BCUT2D eigenvalue weighted by Gasteiger charge is 2.33. The van der Waals surface area contributed by atoms with Crippen molar-refractivity contribution in [3.05, 3.63) is 18.0 Å². The molecule has 1 aliphatic rings. The van der Waals surface area contributed by atoms with Crippen molar-refractivity contribution in [1.82, 2.24) is 20.0 Å². The molecule has 1 N–H and O–H groups in total. The second-order valence-corrected chi connectivity index (χ2v) is 5.04. The molecule has 20 heavy (non-hydrogen) atoms. The molecular weight excluding hydrogens is 273 g/mol. The molecule has 1 atom stereocenters. The van der Waals surface area contributed by atoms with E-state index < -0.39 is 12.7 Å². The Labute approximate surface area is 114 Å². The minimum Gasteiger partial charge on any atom is -0.347 e. The van der Waals surface area contributed by atoms with E-state index in [-0.39, 0.29) is 24.2 Å². The van der Waals surface area contributed by atoms with Crippen LogP contribution in [0.3, 0.4) is 0 Å². The van der Waals surface area contributed by atoms with Gasteiger partial charge in [-0.2, -0.15) is 18.3 Å². The number of amides is 1. The van der Waals surface area contributed by atoms with Crippen LogP contribution in [0.4, 0.5) is 13.2 Å². The van der Waals surface area contributed by atoms with Crippen LogP contribution >= 0.6 is 0 Å². The van der Waals surface area contributed by atoms with Crippen LogP contribution < -0.4 is 5.32 Å². The number of hydrogen-bond acceptors (Lipinski definition) is 3. The number of rotatable bonds is 3. The van der Waals surface area contributed by atoms with Gasteiger partial charge < -0.3 is 5.32 Å². The van der Waals surface area contributed by atoms with E-state index in [1.165, 1.54) is 9.58 Å². The first-order valence-corrected chi connectivity index (χ1v) is 6.43. The number of halogens is 3. The van der Waals surface area contributed by atoms with Gasteiger partial charge in [0.1, 0.15) is 5.69 Å². The van der Waals surface area contributed by atoms with Gasteiger partial charge in [0.2, 0.25) is 0 Å². The average Bonchev–Trinajstić information content (AvgIpc) is 2.74. The van der Waals surface area contributed by atoms with Gasteiger partial charge in [-0.05, 0) is 25.5 Å². The highest BCUT2D eigenvalue weighted by Crippen LogP contribution is 2.19. The first-order chi connectivity index (χ1) is 9.33. The molecule has 0 bridgehead atoms. The second-order valence-electron chi connectivity index (χ2n) is 5.04. The highest BCUT2D eigenvalue weighted by atomic mass is 19.4. The van der Waals surface area contributed by atoms with Crippen molar-refractivity contribution in [1.29, 1.82) is 0 Å². The van der Waals surface area contributed by atoms with Gasteiger partial charge in [0.15, 0.2) is 0 Å². The molecular formula is C12H17F3N4O. The molecule has 2 rings (SSSR count). The third kappa shape index (κ3) is 4.22. The molecule has 1 saturated heterocycles. The van der Waals surface area contributed by atoms with Crippen molar-refractivity contribution < 1.29 is 18.0 Å². The number of likely N-dealkylation sites (tertiary alicyclic amines) is 1. The largest absolute Gasteiger partial charge is 0.401 e. The van der Waals surface area contributed by atoms with E-state index in [4.69, 9.17) is 0 Å². The van der Waals surface area contributed by atoms with Crippen molar-refractivity contribution in [2.45, 2.75) is 25.1 Å². The summed E-state index contributed by atoms with van der Waals surface area (Å²) in [5.74, 6) is -0.343. The van der Waals surface area contributed by atoms with Gasteiger partial charge in [0.05, 0.1) is 6.54 Å². The normalized spacial score (nSPS) is 20.9. The summed E-state index contributed by atoms with van der Waals surface area (Å²) in [7, 11) is 1.70. The van der Waals surface area contributed by atoms with E-state index in [1.54, 1.807) is 19.3 Å². The van der Waals surface area contributed by atoms with Crippen molar-refractivity contribution in [3.63, 3.8) is 0 Å². The lowest BCUT2D eigenvalue weighted by molar-refractivity contribution is -0.148. The van der Waals surface area contributed by atoms with E-state index >= 15 is 0 Å². The number of nitrogens with one attached hydrogen (secondary N) is 1. The van der Waals surface area contributed by atoms with Crippen molar-refractivity contribution in [3.8, 4) is 0 Å². The van der Waals surface area contributed by atoms with Crippen LogP contribution in [-0.2, 0) is 7.05 Å². The summed E-state index contributed by atoms with van der Waals surface area (Å²) in [5, 5.41) is 6.71. The lowest BCUT2D eigenvalue weighted by atomic mass is 10.1. The Kier molecular flexibility index (Phi) is 4.32. The quantitative estimate of drug-likeness (QED) is 0.909. The SMILES string of the molecule is Cn1ccc(C(=O)NC2CCCN(CC(F)(F)F)C2)n1. The van der Waals surface area contributed by atoms with Gasteiger partial charge in [-0.1, -0.05) is 0 Å². The molecule has 1 amide bonds. The van der Waals surface area contributed by atoms with Crippen LogP contribution in [0, 0.1) is 0 Å². The Hall–Kier alpha value is -1.57. The molecule has 0 saturated carbocycles. The maximum Gasteiger partial charge on any atom is 0.401 e. The van der Waals surface area contributed by atoms with Crippen molar-refractivity contribution >= 4 is 5.91 Å². The fourth-order valence-electron chi connectivity index (χ4n) is 2.37. The zero-order valence-corrected chi connectivity index (χ0v) is 11.2. The van der Waals surface area contributed by atoms with Gasteiger partial charge in [-0.15, -0.1) is 0 Å². The first-order valence-electron chi connectivity index (χ1n) is 6.43. The summed E-state index contributed by atoms with van der Waals surface area (Å²) in [4.78, 5) is 13.2. The zero-order valence-electron chi connectivity index (χ0n) is 11.2. The van der Waals surface area contributed by atoms with Crippen LogP contribution in [-0.4, -0.2) is 52.4 Å². The monoisotopic (exact) mass is 290 g/mol. The third-order valence-corrected chi connectivity index (χ3v) is 3.19. The summed E-state index contributed by atoms with van der Waals surface area (Å²) in [6, 6.07) is 1.31. The zero-order chi connectivity index (χ0) is 14.8. The maximum atomic E-state index is 12.4. The van der Waals surface area contributed by atoms with Crippen LogP contribution in [0.1, 0.15) is 23.3 Å². The fourth-order valence-corrected chi connectivity index (χ4v) is 2.37. The molecule has 112 valence electrons. The molecule has 0 aromatic carbocycles. The number of carbonyl (C=O) groups excluding carboxylic acids is 1. The number of aromatic nitrogens is 2. The van der Waals surface area contributed by atoms with Crippen LogP contribution in [0.15, 0.2) is 12.3 Å².